The Morgan fingerprint density at radius 3 is 2.50 bits per heavy atom. The van der Waals surface area contributed by atoms with E-state index in [2.05, 4.69) is 37.4 Å². The Balaban J connectivity index is 2.11. The Hall–Kier alpha value is -1.83. The fourth-order valence-electron chi connectivity index (χ4n) is 1.91. The number of hydrogen-bond donors (Lipinski definition) is 1. The van der Waals surface area contributed by atoms with E-state index in [9.17, 15) is 4.39 Å². The molecule has 1 N–H and O–H groups in total. The van der Waals surface area contributed by atoms with Crippen molar-refractivity contribution in [2.75, 3.05) is 5.32 Å². The standard InChI is InChI=1S/C16H18FN/c1-11-7-8-14(9-12(11)2)10-18-16-6-4-5-15(17)13(16)3/h4-9,18H,10H2,1-3H3. The summed E-state index contributed by atoms with van der Waals surface area (Å²) in [5.74, 6) is -0.167. The molecular formula is C16H18FN. The number of aryl methyl sites for hydroxylation is 2. The Kier molecular flexibility index (Phi) is 3.66. The predicted octanol–water partition coefficient (Wildman–Crippen LogP) is 4.36. The number of benzene rings is 2. The van der Waals surface area contributed by atoms with Gasteiger partial charge in [-0.3, -0.25) is 0 Å². The van der Waals surface area contributed by atoms with Gasteiger partial charge in [0.25, 0.3) is 0 Å². The van der Waals surface area contributed by atoms with Gasteiger partial charge in [-0.25, -0.2) is 4.39 Å². The fraction of sp³-hybridized carbons (Fsp3) is 0.250. The van der Waals surface area contributed by atoms with Crippen LogP contribution in [0.1, 0.15) is 22.3 Å². The molecule has 0 aromatic heterocycles. The van der Waals surface area contributed by atoms with Gasteiger partial charge < -0.3 is 5.32 Å². The predicted molar refractivity (Wildman–Crippen MR) is 74.4 cm³/mol. The summed E-state index contributed by atoms with van der Waals surface area (Å²) in [6.45, 7) is 6.71. The molecule has 0 saturated carbocycles. The summed E-state index contributed by atoms with van der Waals surface area (Å²) in [4.78, 5) is 0. The topological polar surface area (TPSA) is 12.0 Å². The van der Waals surface area contributed by atoms with E-state index in [1.165, 1.54) is 22.8 Å². The summed E-state index contributed by atoms with van der Waals surface area (Å²) >= 11 is 0. The first-order valence-corrected chi connectivity index (χ1v) is 6.13. The van der Waals surface area contributed by atoms with Crippen molar-refractivity contribution in [3.8, 4) is 0 Å². The molecule has 1 nitrogen and oxygen atoms in total. The molecule has 18 heavy (non-hydrogen) atoms. The van der Waals surface area contributed by atoms with Gasteiger partial charge in [0, 0.05) is 17.8 Å². The quantitative estimate of drug-likeness (QED) is 0.844. The molecule has 0 amide bonds. The highest BCUT2D eigenvalue weighted by atomic mass is 19.1. The average Bonchev–Trinajstić information content (AvgIpc) is 2.35. The van der Waals surface area contributed by atoms with Gasteiger partial charge in [-0.2, -0.15) is 0 Å². The van der Waals surface area contributed by atoms with Crippen LogP contribution in [0.3, 0.4) is 0 Å². The Morgan fingerprint density at radius 2 is 1.78 bits per heavy atom. The van der Waals surface area contributed by atoms with Crippen molar-refractivity contribution < 1.29 is 4.39 Å². The molecule has 0 spiro atoms. The molecule has 0 aliphatic heterocycles. The first-order chi connectivity index (χ1) is 8.58. The molecule has 0 fully saturated rings. The van der Waals surface area contributed by atoms with Gasteiger partial charge in [-0.05, 0) is 49.6 Å². The average molecular weight is 243 g/mol. The van der Waals surface area contributed by atoms with Gasteiger partial charge in [-0.15, -0.1) is 0 Å². The summed E-state index contributed by atoms with van der Waals surface area (Å²) in [7, 11) is 0. The summed E-state index contributed by atoms with van der Waals surface area (Å²) < 4.78 is 13.4. The zero-order valence-corrected chi connectivity index (χ0v) is 11.0. The lowest BCUT2D eigenvalue weighted by Crippen LogP contribution is -2.02. The molecule has 0 aliphatic carbocycles. The second kappa shape index (κ2) is 5.21. The maximum atomic E-state index is 13.4. The molecule has 2 aromatic rings. The molecule has 0 saturated heterocycles. The van der Waals surface area contributed by atoms with Gasteiger partial charge >= 0.3 is 0 Å². The van der Waals surface area contributed by atoms with E-state index < -0.39 is 0 Å². The zero-order valence-electron chi connectivity index (χ0n) is 11.0. The SMILES string of the molecule is Cc1ccc(CNc2cccc(F)c2C)cc1C. The van der Waals surface area contributed by atoms with Crippen LogP contribution in [0.15, 0.2) is 36.4 Å². The number of nitrogens with one attached hydrogen (secondary N) is 1. The second-order valence-electron chi connectivity index (χ2n) is 4.68. The molecule has 0 radical (unpaired) electrons. The minimum Gasteiger partial charge on any atom is -0.381 e. The van der Waals surface area contributed by atoms with Gasteiger partial charge in [0.2, 0.25) is 0 Å². The van der Waals surface area contributed by atoms with Crippen LogP contribution in [0.2, 0.25) is 0 Å². The first kappa shape index (κ1) is 12.6. The monoisotopic (exact) mass is 243 g/mol. The Bertz CT molecular complexity index is 561. The van der Waals surface area contributed by atoms with Crippen LogP contribution in [0.5, 0.6) is 0 Å². The van der Waals surface area contributed by atoms with Crippen molar-refractivity contribution in [3.63, 3.8) is 0 Å². The molecule has 0 atom stereocenters. The molecule has 2 heteroatoms. The lowest BCUT2D eigenvalue weighted by atomic mass is 10.1. The van der Waals surface area contributed by atoms with Crippen molar-refractivity contribution in [2.45, 2.75) is 27.3 Å². The largest absolute Gasteiger partial charge is 0.381 e. The highest BCUT2D eigenvalue weighted by molar-refractivity contribution is 5.51. The number of rotatable bonds is 3. The van der Waals surface area contributed by atoms with Crippen LogP contribution in [0.25, 0.3) is 0 Å². The lowest BCUT2D eigenvalue weighted by Gasteiger charge is -2.11. The van der Waals surface area contributed by atoms with Crippen LogP contribution < -0.4 is 5.32 Å². The number of anilines is 1. The summed E-state index contributed by atoms with van der Waals surface area (Å²) in [5.41, 5.74) is 5.31. The van der Waals surface area contributed by atoms with Crippen molar-refractivity contribution in [1.29, 1.82) is 0 Å². The maximum Gasteiger partial charge on any atom is 0.128 e. The van der Waals surface area contributed by atoms with E-state index in [1.54, 1.807) is 13.0 Å². The molecule has 2 rings (SSSR count). The lowest BCUT2D eigenvalue weighted by molar-refractivity contribution is 0.619. The minimum absolute atomic E-state index is 0.167. The molecule has 94 valence electrons. The third-order valence-electron chi connectivity index (χ3n) is 3.32. The van der Waals surface area contributed by atoms with Crippen LogP contribution >= 0.6 is 0 Å². The molecule has 0 bridgehead atoms. The van der Waals surface area contributed by atoms with Crippen LogP contribution in [-0.4, -0.2) is 0 Å². The third-order valence-corrected chi connectivity index (χ3v) is 3.32. The van der Waals surface area contributed by atoms with E-state index in [1.807, 2.05) is 6.07 Å². The van der Waals surface area contributed by atoms with Crippen LogP contribution in [0.4, 0.5) is 10.1 Å². The van der Waals surface area contributed by atoms with Crippen molar-refractivity contribution >= 4 is 5.69 Å². The Morgan fingerprint density at radius 1 is 1.00 bits per heavy atom. The van der Waals surface area contributed by atoms with Crippen molar-refractivity contribution in [3.05, 3.63) is 64.5 Å². The molecule has 0 heterocycles. The van der Waals surface area contributed by atoms with E-state index in [4.69, 9.17) is 0 Å². The highest BCUT2D eigenvalue weighted by Crippen LogP contribution is 2.18. The normalized spacial score (nSPS) is 10.4. The summed E-state index contributed by atoms with van der Waals surface area (Å²) in [5, 5.41) is 3.28. The van der Waals surface area contributed by atoms with E-state index in [-0.39, 0.29) is 5.82 Å². The van der Waals surface area contributed by atoms with Crippen LogP contribution in [0, 0.1) is 26.6 Å². The minimum atomic E-state index is -0.167. The highest BCUT2D eigenvalue weighted by Gasteiger charge is 2.03. The number of halogens is 1. The summed E-state index contributed by atoms with van der Waals surface area (Å²) in [6.07, 6.45) is 0. The fourth-order valence-corrected chi connectivity index (χ4v) is 1.91. The van der Waals surface area contributed by atoms with Gasteiger partial charge in [0.15, 0.2) is 0 Å². The smallest absolute Gasteiger partial charge is 0.128 e. The first-order valence-electron chi connectivity index (χ1n) is 6.13. The second-order valence-corrected chi connectivity index (χ2v) is 4.68. The van der Waals surface area contributed by atoms with Gasteiger partial charge in [-0.1, -0.05) is 24.3 Å². The van der Waals surface area contributed by atoms with Crippen molar-refractivity contribution in [1.82, 2.24) is 0 Å². The third kappa shape index (κ3) is 2.70. The van der Waals surface area contributed by atoms with E-state index in [0.29, 0.717) is 12.1 Å². The van der Waals surface area contributed by atoms with Crippen LogP contribution in [-0.2, 0) is 6.54 Å². The zero-order chi connectivity index (χ0) is 13.1. The Labute approximate surface area is 108 Å². The van der Waals surface area contributed by atoms with E-state index >= 15 is 0 Å². The van der Waals surface area contributed by atoms with Crippen molar-refractivity contribution in [2.24, 2.45) is 0 Å². The van der Waals surface area contributed by atoms with Gasteiger partial charge in [0.1, 0.15) is 5.82 Å². The maximum absolute atomic E-state index is 13.4. The van der Waals surface area contributed by atoms with Gasteiger partial charge in [0.05, 0.1) is 0 Å². The van der Waals surface area contributed by atoms with E-state index in [0.717, 1.165) is 5.69 Å². The number of hydrogen-bond acceptors (Lipinski definition) is 1. The molecule has 2 aromatic carbocycles. The summed E-state index contributed by atoms with van der Waals surface area (Å²) in [6, 6.07) is 11.5. The molecule has 0 unspecified atom stereocenters. The molecule has 0 aliphatic rings. The molecular weight excluding hydrogens is 225 g/mol.